The molecular formula is C53H65F6N5O13. The van der Waals surface area contributed by atoms with Gasteiger partial charge in [-0.2, -0.15) is 26.3 Å². The fraction of sp³-hybridized carbons (Fsp3) is 0.491. The zero-order chi connectivity index (χ0) is 55.5. The third-order valence-corrected chi connectivity index (χ3v) is 12.8. The number of carbonyl (C=O) groups excluding carboxylic acids is 3. The van der Waals surface area contributed by atoms with E-state index in [2.05, 4.69) is 26.6 Å². The minimum Gasteiger partial charge on any atom is -0.497 e. The maximum absolute atomic E-state index is 13.9. The van der Waals surface area contributed by atoms with Crippen molar-refractivity contribution in [3.8, 4) is 11.5 Å². The molecule has 0 radical (unpaired) electrons. The average molecular weight is 1090 g/mol. The number of rotatable bonds is 25. The molecule has 18 nitrogen and oxygen atoms in total. The lowest BCUT2D eigenvalue weighted by atomic mass is 9.82. The van der Waals surface area contributed by atoms with Gasteiger partial charge in [-0.1, -0.05) is 50.2 Å². The van der Waals surface area contributed by atoms with E-state index < -0.39 is 96.7 Å². The van der Waals surface area contributed by atoms with E-state index in [0.29, 0.717) is 18.1 Å². The van der Waals surface area contributed by atoms with Crippen LogP contribution in [0.4, 0.5) is 47.3 Å². The minimum atomic E-state index is -4.72. The van der Waals surface area contributed by atoms with Gasteiger partial charge in [-0.05, 0) is 83.6 Å². The van der Waals surface area contributed by atoms with Gasteiger partial charge in [-0.25, -0.2) is 9.59 Å². The maximum Gasteiger partial charge on any atom is 0.416 e. The molecular weight excluding hydrogens is 1030 g/mol. The van der Waals surface area contributed by atoms with E-state index >= 15 is 0 Å². The lowest BCUT2D eigenvalue weighted by Crippen LogP contribution is -2.69. The lowest BCUT2D eigenvalue weighted by Gasteiger charge is -2.49. The second-order valence-corrected chi connectivity index (χ2v) is 18.2. The van der Waals surface area contributed by atoms with Crippen molar-refractivity contribution in [2.75, 3.05) is 84.8 Å². The largest absolute Gasteiger partial charge is 0.497 e. The number of urea groups is 2. The number of amides is 5. The molecule has 4 aromatic rings. The quantitative estimate of drug-likeness (QED) is 0.0318. The highest BCUT2D eigenvalue weighted by atomic mass is 19.4. The van der Waals surface area contributed by atoms with Gasteiger partial charge in [0.05, 0.1) is 109 Å². The number of alkyl halides is 6. The van der Waals surface area contributed by atoms with Crippen LogP contribution in [0.2, 0.25) is 0 Å². The molecule has 5 N–H and O–H groups in total. The van der Waals surface area contributed by atoms with Crippen molar-refractivity contribution >= 4 is 29.3 Å². The first kappa shape index (κ1) is 60.0. The standard InChI is InChI=1S/C53H65F6N5O13/c1-32-33(2)46(64-51(67)61-39-11-7-9-37(25-39)53(57,58)59)49(76-43(32)29-73-26-34-12-16-40(69-4)17-13-34)77-48-42(62-50(66)60-38-10-6-8-36(24-38)52(54,55)56)28-75-44(30-74-27-35-14-18-41(70-5)19-15-35)47(48)63-45(65)31-72-23-22-71-21-20-68-3/h6-19,24-25,32-33,42-44,46-49H,20-23,26-31H2,1-5H3,(H,63,65)(H2,60,62,66)(H2,61,64,67)/t32-,33-,42?,43?,44?,46?,47-,48+,49-/m0/s1. The van der Waals surface area contributed by atoms with Crippen LogP contribution in [0, 0.1) is 11.8 Å². The Balaban J connectivity index is 1.33. The van der Waals surface area contributed by atoms with Crippen LogP contribution < -0.4 is 36.1 Å². The van der Waals surface area contributed by atoms with E-state index in [4.69, 9.17) is 47.4 Å². The van der Waals surface area contributed by atoms with E-state index in [9.17, 15) is 40.7 Å². The number of methoxy groups -OCH3 is 3. The van der Waals surface area contributed by atoms with Gasteiger partial charge < -0.3 is 74.0 Å². The molecule has 2 saturated heterocycles. The second kappa shape index (κ2) is 28.9. The summed E-state index contributed by atoms with van der Waals surface area (Å²) in [6, 6.07) is 16.9. The van der Waals surface area contributed by atoms with Gasteiger partial charge in [0.25, 0.3) is 0 Å². The zero-order valence-electron chi connectivity index (χ0n) is 43.1. The summed E-state index contributed by atoms with van der Waals surface area (Å²) < 4.78 is 141. The van der Waals surface area contributed by atoms with Crippen molar-refractivity contribution in [2.24, 2.45) is 11.8 Å². The van der Waals surface area contributed by atoms with Gasteiger partial charge in [-0.3, -0.25) is 4.79 Å². The van der Waals surface area contributed by atoms with E-state index in [-0.39, 0.29) is 70.1 Å². The highest BCUT2D eigenvalue weighted by Crippen LogP contribution is 2.36. The number of hydrogen-bond acceptors (Lipinski definition) is 13. The molecule has 5 amide bonds. The molecule has 0 aliphatic carbocycles. The first-order valence-corrected chi connectivity index (χ1v) is 24.6. The molecule has 77 heavy (non-hydrogen) atoms. The summed E-state index contributed by atoms with van der Waals surface area (Å²) in [5, 5.41) is 13.4. The van der Waals surface area contributed by atoms with Crippen LogP contribution in [0.5, 0.6) is 11.5 Å². The summed E-state index contributed by atoms with van der Waals surface area (Å²) in [6.07, 6.45) is -14.0. The third-order valence-electron chi connectivity index (χ3n) is 12.8. The van der Waals surface area contributed by atoms with Gasteiger partial charge >= 0.3 is 24.4 Å². The molecule has 0 bridgehead atoms. The summed E-state index contributed by atoms with van der Waals surface area (Å²) in [5.41, 5.74) is -0.792. The first-order chi connectivity index (χ1) is 36.8. The normalized spacial score (nSPS) is 22.6. The number of anilines is 2. The van der Waals surface area contributed by atoms with Gasteiger partial charge in [-0.15, -0.1) is 0 Å². The number of halogens is 6. The molecule has 9 atom stereocenters. The smallest absolute Gasteiger partial charge is 0.416 e. The van der Waals surface area contributed by atoms with Crippen molar-refractivity contribution in [3.63, 3.8) is 0 Å². The number of carbonyl (C=O) groups is 3. The number of nitrogens with one attached hydrogen (secondary N) is 5. The Morgan fingerprint density at radius 3 is 1.65 bits per heavy atom. The highest BCUT2D eigenvalue weighted by molar-refractivity contribution is 5.90. The fourth-order valence-electron chi connectivity index (χ4n) is 8.46. The topological polar surface area (TPSA) is 204 Å². The monoisotopic (exact) mass is 1090 g/mol. The van der Waals surface area contributed by atoms with Gasteiger partial charge in [0.2, 0.25) is 5.91 Å². The molecule has 24 heteroatoms. The van der Waals surface area contributed by atoms with Gasteiger partial charge in [0.15, 0.2) is 6.29 Å². The first-order valence-electron chi connectivity index (χ1n) is 24.6. The fourth-order valence-corrected chi connectivity index (χ4v) is 8.46. The van der Waals surface area contributed by atoms with Crippen LogP contribution in [0.3, 0.4) is 0 Å². The molecule has 4 unspecified atom stereocenters. The Morgan fingerprint density at radius 1 is 0.597 bits per heavy atom. The van der Waals surface area contributed by atoms with Gasteiger partial charge in [0, 0.05) is 18.5 Å². The van der Waals surface area contributed by atoms with E-state index in [1.165, 1.54) is 26.4 Å². The Labute approximate surface area is 442 Å². The summed E-state index contributed by atoms with van der Waals surface area (Å²) in [5.74, 6) is -0.302. The Morgan fingerprint density at radius 2 is 1.12 bits per heavy atom. The van der Waals surface area contributed by atoms with Crippen LogP contribution in [0.1, 0.15) is 36.1 Å². The molecule has 2 aliphatic rings. The predicted molar refractivity (Wildman–Crippen MR) is 267 cm³/mol. The molecule has 0 aromatic heterocycles. The Kier molecular flexibility index (Phi) is 22.5. The lowest BCUT2D eigenvalue weighted by molar-refractivity contribution is -0.277. The number of hydrogen-bond donors (Lipinski definition) is 5. The molecule has 0 spiro atoms. The van der Waals surface area contributed by atoms with Crippen molar-refractivity contribution in [2.45, 2.75) is 82.1 Å². The molecule has 4 aromatic carbocycles. The molecule has 2 heterocycles. The maximum atomic E-state index is 13.9. The summed E-state index contributed by atoms with van der Waals surface area (Å²) >= 11 is 0. The van der Waals surface area contributed by atoms with Crippen LogP contribution in [-0.2, 0) is 68.3 Å². The Bertz CT molecular complexity index is 2480. The number of ether oxygens (including phenoxy) is 10. The third kappa shape index (κ3) is 18.4. The van der Waals surface area contributed by atoms with Crippen molar-refractivity contribution in [1.82, 2.24) is 16.0 Å². The van der Waals surface area contributed by atoms with E-state index in [0.717, 1.165) is 47.5 Å². The minimum absolute atomic E-state index is 0.00388. The molecule has 422 valence electrons. The van der Waals surface area contributed by atoms with Crippen LogP contribution >= 0.6 is 0 Å². The molecule has 0 saturated carbocycles. The summed E-state index contributed by atoms with van der Waals surface area (Å²) in [7, 11) is 4.60. The van der Waals surface area contributed by atoms with Crippen LogP contribution in [0.25, 0.3) is 0 Å². The highest BCUT2D eigenvalue weighted by Gasteiger charge is 2.49. The predicted octanol–water partition coefficient (Wildman–Crippen LogP) is 7.80. The van der Waals surface area contributed by atoms with Crippen LogP contribution in [-0.4, -0.2) is 135 Å². The summed E-state index contributed by atoms with van der Waals surface area (Å²) in [6.45, 7) is 3.74. The average Bonchev–Trinajstić information content (AvgIpc) is 3.41. The molecule has 6 rings (SSSR count). The van der Waals surface area contributed by atoms with Crippen molar-refractivity contribution in [3.05, 3.63) is 119 Å². The SMILES string of the molecule is COCCOCCOCC(=O)N[C@H]1C(COCc2ccc(OC)cc2)OCC(NC(=O)Nc2cccc(C(F)(F)F)c2)[C@H]1O[C@@H]1OC(COCc2ccc(OC)cc2)[C@@H](C)[C@H](C)C1NC(=O)Nc1cccc(C(F)(F)F)c1. The van der Waals surface area contributed by atoms with Crippen molar-refractivity contribution in [1.29, 1.82) is 0 Å². The number of benzene rings is 4. The molecule has 2 fully saturated rings. The zero-order valence-corrected chi connectivity index (χ0v) is 43.1. The van der Waals surface area contributed by atoms with Crippen molar-refractivity contribution < 1.29 is 88.1 Å². The van der Waals surface area contributed by atoms with E-state index in [1.54, 1.807) is 43.5 Å². The van der Waals surface area contributed by atoms with E-state index in [1.807, 2.05) is 26.0 Å². The summed E-state index contributed by atoms with van der Waals surface area (Å²) in [4.78, 5) is 41.6. The van der Waals surface area contributed by atoms with Crippen LogP contribution in [0.15, 0.2) is 97.1 Å². The van der Waals surface area contributed by atoms with Gasteiger partial charge in [0.1, 0.15) is 30.3 Å². The molecule has 2 aliphatic heterocycles. The second-order valence-electron chi connectivity index (χ2n) is 18.2. The Hall–Kier alpha value is -6.25.